The normalized spacial score (nSPS) is 12.1. The van der Waals surface area contributed by atoms with E-state index in [1.54, 1.807) is 13.1 Å². The molecular weight excluding hydrogens is 200 g/mol. The van der Waals surface area contributed by atoms with E-state index in [9.17, 15) is 4.79 Å². The molecule has 0 radical (unpaired) electrons. The van der Waals surface area contributed by atoms with Crippen molar-refractivity contribution in [3.05, 3.63) is 30.1 Å². The molecule has 1 rings (SSSR count). The van der Waals surface area contributed by atoms with Gasteiger partial charge in [-0.05, 0) is 19.1 Å². The van der Waals surface area contributed by atoms with Crippen LogP contribution < -0.4 is 5.32 Å². The van der Waals surface area contributed by atoms with Gasteiger partial charge in [-0.3, -0.25) is 9.78 Å². The van der Waals surface area contributed by atoms with Crippen LogP contribution in [0.15, 0.2) is 24.4 Å². The molecule has 1 unspecified atom stereocenters. The Kier molecular flexibility index (Phi) is 4.40. The Bertz CT molecular complexity index is 287. The number of halogens is 1. The molecule has 1 aromatic rings. The lowest BCUT2D eigenvalue weighted by atomic mass is 10.2. The molecule has 0 aliphatic heterocycles. The first-order valence-electron chi connectivity index (χ1n) is 4.52. The van der Waals surface area contributed by atoms with Crippen molar-refractivity contribution < 1.29 is 4.79 Å². The predicted molar refractivity (Wildman–Crippen MR) is 56.3 cm³/mol. The second kappa shape index (κ2) is 5.60. The molecule has 0 spiro atoms. The smallest absolute Gasteiger partial charge is 0.237 e. The molecule has 0 aromatic carbocycles. The van der Waals surface area contributed by atoms with Gasteiger partial charge in [0.1, 0.15) is 5.38 Å². The molecule has 14 heavy (non-hydrogen) atoms. The molecule has 0 aliphatic carbocycles. The molecule has 4 heteroatoms. The number of hydrogen-bond acceptors (Lipinski definition) is 2. The van der Waals surface area contributed by atoms with Crippen LogP contribution in [-0.2, 0) is 11.2 Å². The fourth-order valence-electron chi connectivity index (χ4n) is 1.00. The lowest BCUT2D eigenvalue weighted by Gasteiger charge is -2.05. The second-order valence-corrected chi connectivity index (χ2v) is 3.63. The van der Waals surface area contributed by atoms with Crippen LogP contribution in [0.2, 0.25) is 0 Å². The van der Waals surface area contributed by atoms with Crippen molar-refractivity contribution in [1.82, 2.24) is 10.3 Å². The Balaban J connectivity index is 2.26. The van der Waals surface area contributed by atoms with E-state index in [0.29, 0.717) is 6.54 Å². The van der Waals surface area contributed by atoms with Crippen molar-refractivity contribution in [2.24, 2.45) is 0 Å². The summed E-state index contributed by atoms with van der Waals surface area (Å²) in [5, 5.41) is 2.25. The van der Waals surface area contributed by atoms with Crippen molar-refractivity contribution in [3.63, 3.8) is 0 Å². The Morgan fingerprint density at radius 1 is 1.64 bits per heavy atom. The molecular formula is C10H13ClN2O. The Morgan fingerprint density at radius 2 is 2.43 bits per heavy atom. The maximum absolute atomic E-state index is 11.1. The monoisotopic (exact) mass is 212 g/mol. The number of alkyl halides is 1. The van der Waals surface area contributed by atoms with E-state index in [4.69, 9.17) is 11.6 Å². The van der Waals surface area contributed by atoms with E-state index >= 15 is 0 Å². The summed E-state index contributed by atoms with van der Waals surface area (Å²) in [4.78, 5) is 15.2. The minimum absolute atomic E-state index is 0.136. The molecule has 1 aromatic heterocycles. The summed E-state index contributed by atoms with van der Waals surface area (Å²) in [5.41, 5.74) is 0.968. The zero-order valence-electron chi connectivity index (χ0n) is 8.03. The zero-order valence-corrected chi connectivity index (χ0v) is 8.79. The molecule has 1 amide bonds. The third kappa shape index (κ3) is 3.75. The third-order valence-corrected chi connectivity index (χ3v) is 1.97. The first-order valence-corrected chi connectivity index (χ1v) is 4.95. The number of amides is 1. The molecule has 0 aliphatic rings. The predicted octanol–water partition coefficient (Wildman–Crippen LogP) is 1.37. The maximum atomic E-state index is 11.1. The highest BCUT2D eigenvalue weighted by Gasteiger charge is 2.07. The van der Waals surface area contributed by atoms with Gasteiger partial charge in [0.15, 0.2) is 0 Å². The Labute approximate surface area is 88.5 Å². The van der Waals surface area contributed by atoms with E-state index in [-0.39, 0.29) is 5.91 Å². The third-order valence-electron chi connectivity index (χ3n) is 1.77. The fraction of sp³-hybridized carbons (Fsp3) is 0.400. The molecule has 1 heterocycles. The average Bonchev–Trinajstić information content (AvgIpc) is 2.19. The summed E-state index contributed by atoms with van der Waals surface area (Å²) < 4.78 is 0. The average molecular weight is 213 g/mol. The largest absolute Gasteiger partial charge is 0.354 e. The van der Waals surface area contributed by atoms with Gasteiger partial charge in [0, 0.05) is 24.9 Å². The first kappa shape index (κ1) is 11.0. The van der Waals surface area contributed by atoms with Gasteiger partial charge < -0.3 is 5.32 Å². The second-order valence-electron chi connectivity index (χ2n) is 2.98. The molecule has 1 atom stereocenters. The maximum Gasteiger partial charge on any atom is 0.237 e. The van der Waals surface area contributed by atoms with Gasteiger partial charge in [-0.2, -0.15) is 0 Å². The van der Waals surface area contributed by atoms with Crippen LogP contribution in [0, 0.1) is 0 Å². The van der Waals surface area contributed by atoms with Crippen molar-refractivity contribution in [2.75, 3.05) is 6.54 Å². The Hall–Kier alpha value is -1.09. The number of rotatable bonds is 4. The number of carbonyl (C=O) groups is 1. The van der Waals surface area contributed by atoms with Gasteiger partial charge in [-0.1, -0.05) is 6.07 Å². The van der Waals surface area contributed by atoms with Crippen LogP contribution in [0.4, 0.5) is 0 Å². The number of nitrogens with zero attached hydrogens (tertiary/aromatic N) is 1. The molecule has 0 saturated heterocycles. The highest BCUT2D eigenvalue weighted by Crippen LogP contribution is 1.95. The molecule has 1 N–H and O–H groups in total. The van der Waals surface area contributed by atoms with Crippen molar-refractivity contribution in [3.8, 4) is 0 Å². The highest BCUT2D eigenvalue weighted by molar-refractivity contribution is 6.30. The van der Waals surface area contributed by atoms with Gasteiger partial charge in [0.05, 0.1) is 0 Å². The first-order chi connectivity index (χ1) is 6.70. The van der Waals surface area contributed by atoms with Gasteiger partial charge in [-0.15, -0.1) is 11.6 Å². The number of carbonyl (C=O) groups excluding carboxylic acids is 1. The molecule has 0 fully saturated rings. The topological polar surface area (TPSA) is 42.0 Å². The van der Waals surface area contributed by atoms with Crippen LogP contribution in [0.25, 0.3) is 0 Å². The van der Waals surface area contributed by atoms with Crippen LogP contribution in [0.3, 0.4) is 0 Å². The minimum atomic E-state index is -0.473. The number of hydrogen-bond donors (Lipinski definition) is 1. The summed E-state index contributed by atoms with van der Waals surface area (Å²) in [5.74, 6) is -0.136. The van der Waals surface area contributed by atoms with E-state index in [0.717, 1.165) is 12.1 Å². The molecule has 0 bridgehead atoms. The van der Waals surface area contributed by atoms with Gasteiger partial charge in [0.2, 0.25) is 5.91 Å². The lowest BCUT2D eigenvalue weighted by Crippen LogP contribution is -2.31. The fourth-order valence-corrected chi connectivity index (χ4v) is 1.08. The van der Waals surface area contributed by atoms with E-state index in [1.807, 2.05) is 18.2 Å². The van der Waals surface area contributed by atoms with Crippen LogP contribution >= 0.6 is 11.6 Å². The standard InChI is InChI=1S/C10H13ClN2O/c1-8(11)10(14)13-7-5-9-4-2-3-6-12-9/h2-4,6,8H,5,7H2,1H3,(H,13,14). The van der Waals surface area contributed by atoms with Gasteiger partial charge in [-0.25, -0.2) is 0 Å². The van der Waals surface area contributed by atoms with E-state index in [2.05, 4.69) is 10.3 Å². The van der Waals surface area contributed by atoms with Crippen LogP contribution in [-0.4, -0.2) is 22.8 Å². The summed E-state index contributed by atoms with van der Waals surface area (Å²) >= 11 is 5.58. The summed E-state index contributed by atoms with van der Waals surface area (Å²) in [6.07, 6.45) is 2.47. The summed E-state index contributed by atoms with van der Waals surface area (Å²) in [7, 11) is 0. The van der Waals surface area contributed by atoms with Gasteiger partial charge >= 0.3 is 0 Å². The Morgan fingerprint density at radius 3 is 3.00 bits per heavy atom. The van der Waals surface area contributed by atoms with E-state index in [1.165, 1.54) is 0 Å². The van der Waals surface area contributed by atoms with Gasteiger partial charge in [0.25, 0.3) is 0 Å². The highest BCUT2D eigenvalue weighted by atomic mass is 35.5. The molecule has 0 saturated carbocycles. The van der Waals surface area contributed by atoms with E-state index < -0.39 is 5.38 Å². The zero-order chi connectivity index (χ0) is 10.4. The molecule has 3 nitrogen and oxygen atoms in total. The van der Waals surface area contributed by atoms with Crippen molar-refractivity contribution in [1.29, 1.82) is 0 Å². The number of pyridine rings is 1. The van der Waals surface area contributed by atoms with Crippen molar-refractivity contribution >= 4 is 17.5 Å². The summed E-state index contributed by atoms with van der Waals surface area (Å²) in [6.45, 7) is 2.23. The van der Waals surface area contributed by atoms with Crippen LogP contribution in [0.1, 0.15) is 12.6 Å². The number of aromatic nitrogens is 1. The minimum Gasteiger partial charge on any atom is -0.354 e. The van der Waals surface area contributed by atoms with Crippen LogP contribution in [0.5, 0.6) is 0 Å². The lowest BCUT2D eigenvalue weighted by molar-refractivity contribution is -0.120. The molecule has 76 valence electrons. The summed E-state index contributed by atoms with van der Waals surface area (Å²) in [6, 6.07) is 5.72. The van der Waals surface area contributed by atoms with Crippen molar-refractivity contribution in [2.45, 2.75) is 18.7 Å². The quantitative estimate of drug-likeness (QED) is 0.766. The SMILES string of the molecule is CC(Cl)C(=O)NCCc1ccccn1. The number of nitrogens with one attached hydrogen (secondary N) is 1.